The van der Waals surface area contributed by atoms with Crippen molar-refractivity contribution in [2.24, 2.45) is 0 Å². The molecule has 0 radical (unpaired) electrons. The second-order valence-corrected chi connectivity index (χ2v) is 4.47. The van der Waals surface area contributed by atoms with Crippen LogP contribution in [0.5, 0.6) is 0 Å². The summed E-state index contributed by atoms with van der Waals surface area (Å²) >= 11 is 5.70. The van der Waals surface area contributed by atoms with Crippen molar-refractivity contribution in [3.63, 3.8) is 0 Å². The predicted octanol–water partition coefficient (Wildman–Crippen LogP) is 3.45. The fourth-order valence-corrected chi connectivity index (χ4v) is 1.68. The van der Waals surface area contributed by atoms with E-state index >= 15 is 0 Å². The van der Waals surface area contributed by atoms with Crippen molar-refractivity contribution in [2.45, 2.75) is 12.8 Å². The predicted molar refractivity (Wildman–Crippen MR) is 72.6 cm³/mol. The number of rotatable bonds is 4. The summed E-state index contributed by atoms with van der Waals surface area (Å²) in [5.74, 6) is 0.0474. The topological polar surface area (TPSA) is 42.0 Å². The molecule has 0 aliphatic rings. The number of aromatic nitrogens is 1. The van der Waals surface area contributed by atoms with Crippen LogP contribution < -0.4 is 5.32 Å². The first-order chi connectivity index (χ1) is 9.13. The van der Waals surface area contributed by atoms with Crippen LogP contribution in [0.25, 0.3) is 0 Å². The van der Waals surface area contributed by atoms with Gasteiger partial charge in [-0.3, -0.25) is 4.79 Å². The van der Waals surface area contributed by atoms with E-state index in [4.69, 9.17) is 11.6 Å². The van der Waals surface area contributed by atoms with E-state index in [-0.39, 0.29) is 11.7 Å². The number of pyridine rings is 1. The summed E-state index contributed by atoms with van der Waals surface area (Å²) in [6.07, 6.45) is 2.34. The maximum Gasteiger partial charge on any atom is 0.225 e. The van der Waals surface area contributed by atoms with Crippen LogP contribution in [-0.4, -0.2) is 10.9 Å². The molecule has 2 aromatic rings. The number of nitrogens with zero attached hydrogens (tertiary/aromatic N) is 1. The molecule has 0 fully saturated rings. The van der Waals surface area contributed by atoms with E-state index in [0.717, 1.165) is 5.56 Å². The van der Waals surface area contributed by atoms with E-state index in [9.17, 15) is 9.18 Å². The largest absolute Gasteiger partial charge is 0.311 e. The second kappa shape index (κ2) is 6.29. The van der Waals surface area contributed by atoms with Crippen LogP contribution in [0.1, 0.15) is 12.0 Å². The fraction of sp³-hybridized carbons (Fsp3) is 0.143. The van der Waals surface area contributed by atoms with Crippen LogP contribution in [0.15, 0.2) is 42.6 Å². The van der Waals surface area contributed by atoms with Gasteiger partial charge in [0.05, 0.1) is 5.02 Å². The van der Waals surface area contributed by atoms with Crippen LogP contribution in [-0.2, 0) is 11.2 Å². The molecule has 0 saturated heterocycles. The number of anilines is 1. The molecule has 5 heteroatoms. The number of nitrogens with one attached hydrogen (secondary N) is 1. The summed E-state index contributed by atoms with van der Waals surface area (Å²) in [6.45, 7) is 0. The van der Waals surface area contributed by atoms with Gasteiger partial charge in [0.1, 0.15) is 11.6 Å². The SMILES string of the molecule is O=C(CCc1ccc(F)cc1)Nc1ccc(Cl)cn1. The molecule has 19 heavy (non-hydrogen) atoms. The van der Waals surface area contributed by atoms with Crippen molar-refractivity contribution in [3.05, 3.63) is 59.0 Å². The van der Waals surface area contributed by atoms with Gasteiger partial charge in [0.25, 0.3) is 0 Å². The van der Waals surface area contributed by atoms with E-state index < -0.39 is 0 Å². The monoisotopic (exact) mass is 278 g/mol. The van der Waals surface area contributed by atoms with Gasteiger partial charge in [-0.25, -0.2) is 9.37 Å². The van der Waals surface area contributed by atoms with E-state index in [1.54, 1.807) is 24.3 Å². The molecule has 98 valence electrons. The average molecular weight is 279 g/mol. The van der Waals surface area contributed by atoms with Gasteiger partial charge in [-0.2, -0.15) is 0 Å². The lowest BCUT2D eigenvalue weighted by atomic mass is 10.1. The van der Waals surface area contributed by atoms with E-state index in [1.807, 2.05) is 0 Å². The van der Waals surface area contributed by atoms with Gasteiger partial charge in [0.2, 0.25) is 5.91 Å². The van der Waals surface area contributed by atoms with Gasteiger partial charge in [-0.05, 0) is 36.2 Å². The van der Waals surface area contributed by atoms with E-state index in [2.05, 4.69) is 10.3 Å². The quantitative estimate of drug-likeness (QED) is 0.931. The van der Waals surface area contributed by atoms with Crippen LogP contribution in [0, 0.1) is 5.82 Å². The summed E-state index contributed by atoms with van der Waals surface area (Å²) in [7, 11) is 0. The molecule has 1 heterocycles. The van der Waals surface area contributed by atoms with Crippen LogP contribution in [0.2, 0.25) is 5.02 Å². The Morgan fingerprint density at radius 2 is 1.95 bits per heavy atom. The molecule has 0 saturated carbocycles. The van der Waals surface area contributed by atoms with Gasteiger partial charge in [-0.1, -0.05) is 23.7 Å². The molecule has 1 aromatic carbocycles. The first-order valence-corrected chi connectivity index (χ1v) is 6.17. The summed E-state index contributed by atoms with van der Waals surface area (Å²) < 4.78 is 12.7. The van der Waals surface area contributed by atoms with Crippen molar-refractivity contribution in [3.8, 4) is 0 Å². The molecular weight excluding hydrogens is 267 g/mol. The standard InChI is InChI=1S/C14H12ClFN2O/c15-11-4-7-13(17-9-11)18-14(19)8-3-10-1-5-12(16)6-2-10/h1-2,4-7,9H,3,8H2,(H,17,18,19). The Kier molecular flexibility index (Phi) is 4.47. The van der Waals surface area contributed by atoms with Gasteiger partial charge in [0.15, 0.2) is 0 Å². The van der Waals surface area contributed by atoms with Crippen molar-refractivity contribution in [1.82, 2.24) is 4.98 Å². The number of amides is 1. The third kappa shape index (κ3) is 4.34. The highest BCUT2D eigenvalue weighted by Crippen LogP contribution is 2.10. The zero-order valence-corrected chi connectivity index (χ0v) is 10.8. The first-order valence-electron chi connectivity index (χ1n) is 5.79. The Labute approximate surface area is 115 Å². The average Bonchev–Trinajstić information content (AvgIpc) is 2.41. The van der Waals surface area contributed by atoms with Gasteiger partial charge in [-0.15, -0.1) is 0 Å². The molecule has 2 rings (SSSR count). The smallest absolute Gasteiger partial charge is 0.225 e. The number of hydrogen-bond acceptors (Lipinski definition) is 2. The molecular formula is C14H12ClFN2O. The highest BCUT2D eigenvalue weighted by atomic mass is 35.5. The molecule has 0 spiro atoms. The van der Waals surface area contributed by atoms with Gasteiger partial charge < -0.3 is 5.32 Å². The number of carbonyl (C=O) groups excluding carboxylic acids is 1. The number of hydrogen-bond donors (Lipinski definition) is 1. The number of aryl methyl sites for hydroxylation is 1. The minimum absolute atomic E-state index is 0.140. The van der Waals surface area contributed by atoms with Crippen molar-refractivity contribution in [1.29, 1.82) is 0 Å². The van der Waals surface area contributed by atoms with E-state index in [0.29, 0.717) is 23.7 Å². The van der Waals surface area contributed by atoms with Gasteiger partial charge >= 0.3 is 0 Å². The molecule has 1 amide bonds. The summed E-state index contributed by atoms with van der Waals surface area (Å²) in [4.78, 5) is 15.7. The van der Waals surface area contributed by atoms with Crippen LogP contribution in [0.4, 0.5) is 10.2 Å². The Morgan fingerprint density at radius 3 is 2.58 bits per heavy atom. The van der Waals surface area contributed by atoms with Crippen molar-refractivity contribution >= 4 is 23.3 Å². The third-order valence-corrected chi connectivity index (χ3v) is 2.77. The molecule has 0 aliphatic carbocycles. The lowest BCUT2D eigenvalue weighted by molar-refractivity contribution is -0.116. The Morgan fingerprint density at radius 1 is 1.21 bits per heavy atom. The molecule has 0 aliphatic heterocycles. The highest BCUT2D eigenvalue weighted by Gasteiger charge is 2.04. The lowest BCUT2D eigenvalue weighted by Crippen LogP contribution is -2.13. The number of carbonyl (C=O) groups is 1. The van der Waals surface area contributed by atoms with Crippen molar-refractivity contribution < 1.29 is 9.18 Å². The summed E-state index contributed by atoms with van der Waals surface area (Å²) in [5, 5.41) is 3.19. The highest BCUT2D eigenvalue weighted by molar-refractivity contribution is 6.30. The molecule has 3 nitrogen and oxygen atoms in total. The van der Waals surface area contributed by atoms with Gasteiger partial charge in [0, 0.05) is 12.6 Å². The lowest BCUT2D eigenvalue weighted by Gasteiger charge is -2.04. The summed E-state index contributed by atoms with van der Waals surface area (Å²) in [5.41, 5.74) is 0.917. The molecule has 1 aromatic heterocycles. The Balaban J connectivity index is 1.84. The first kappa shape index (κ1) is 13.5. The fourth-order valence-electron chi connectivity index (χ4n) is 1.56. The van der Waals surface area contributed by atoms with Crippen LogP contribution >= 0.6 is 11.6 Å². The Hall–Kier alpha value is -1.94. The molecule has 0 bridgehead atoms. The third-order valence-electron chi connectivity index (χ3n) is 2.55. The zero-order chi connectivity index (χ0) is 13.7. The Bertz CT molecular complexity index is 555. The summed E-state index contributed by atoms with van der Waals surface area (Å²) in [6, 6.07) is 9.40. The maximum atomic E-state index is 12.7. The maximum absolute atomic E-state index is 12.7. The second-order valence-electron chi connectivity index (χ2n) is 4.04. The molecule has 0 atom stereocenters. The zero-order valence-electron chi connectivity index (χ0n) is 10.1. The number of benzene rings is 1. The minimum Gasteiger partial charge on any atom is -0.311 e. The number of halogens is 2. The minimum atomic E-state index is -0.279. The van der Waals surface area contributed by atoms with E-state index in [1.165, 1.54) is 18.3 Å². The van der Waals surface area contributed by atoms with Crippen LogP contribution in [0.3, 0.4) is 0 Å². The normalized spacial score (nSPS) is 10.2. The molecule has 0 unspecified atom stereocenters. The molecule has 1 N–H and O–H groups in total. The van der Waals surface area contributed by atoms with Crippen molar-refractivity contribution in [2.75, 3.05) is 5.32 Å².